The van der Waals surface area contributed by atoms with Crippen LogP contribution in [0.1, 0.15) is 25.8 Å². The molecule has 1 aromatic heterocycles. The van der Waals surface area contributed by atoms with E-state index in [1.54, 1.807) is 26.4 Å². The van der Waals surface area contributed by atoms with Crippen molar-refractivity contribution in [3.8, 4) is 0 Å². The Labute approximate surface area is 137 Å². The zero-order valence-electron chi connectivity index (χ0n) is 14.6. The molecule has 1 rings (SSSR count). The Balaban J connectivity index is 2.31. The van der Waals surface area contributed by atoms with Crippen molar-refractivity contribution >= 4 is 17.7 Å². The van der Waals surface area contributed by atoms with Crippen LogP contribution < -0.4 is 16.0 Å². The number of hydrogen-bond donors (Lipinski definition) is 3. The van der Waals surface area contributed by atoms with Crippen molar-refractivity contribution in [1.29, 1.82) is 0 Å². The van der Waals surface area contributed by atoms with Gasteiger partial charge in [0.1, 0.15) is 5.82 Å². The second-order valence-electron chi connectivity index (χ2n) is 5.84. The normalized spacial score (nSPS) is 12.0. The summed E-state index contributed by atoms with van der Waals surface area (Å²) in [5.74, 6) is 1.10. The molecule has 0 radical (unpaired) electrons. The van der Waals surface area contributed by atoms with Crippen LogP contribution in [0.5, 0.6) is 0 Å². The Kier molecular flexibility index (Phi) is 7.47. The summed E-state index contributed by atoms with van der Waals surface area (Å²) >= 11 is 0. The van der Waals surface area contributed by atoms with Crippen molar-refractivity contribution in [3.63, 3.8) is 0 Å². The zero-order valence-corrected chi connectivity index (χ0v) is 14.6. The van der Waals surface area contributed by atoms with Crippen molar-refractivity contribution in [3.05, 3.63) is 23.9 Å². The molecule has 7 heteroatoms. The third-order valence-corrected chi connectivity index (χ3v) is 3.28. The highest BCUT2D eigenvalue weighted by molar-refractivity contribution is 5.90. The number of amides is 1. The lowest BCUT2D eigenvalue weighted by Gasteiger charge is -2.24. The number of methoxy groups -OCH3 is 1. The summed E-state index contributed by atoms with van der Waals surface area (Å²) in [7, 11) is 3.35. The van der Waals surface area contributed by atoms with E-state index in [9.17, 15) is 4.79 Å². The number of hydrogen-bond acceptors (Lipinski definition) is 4. The summed E-state index contributed by atoms with van der Waals surface area (Å²) < 4.78 is 5.33. The highest BCUT2D eigenvalue weighted by Crippen LogP contribution is 2.05. The van der Waals surface area contributed by atoms with E-state index in [0.29, 0.717) is 31.3 Å². The number of nitrogens with one attached hydrogen (secondary N) is 3. The lowest BCUT2D eigenvalue weighted by molar-refractivity contribution is -0.116. The summed E-state index contributed by atoms with van der Waals surface area (Å²) in [4.78, 5) is 20.1. The van der Waals surface area contributed by atoms with Gasteiger partial charge in [-0.3, -0.25) is 9.79 Å². The summed E-state index contributed by atoms with van der Waals surface area (Å²) in [6.45, 7) is 7.00. The number of pyridine rings is 1. The average molecular weight is 321 g/mol. The monoisotopic (exact) mass is 321 g/mol. The van der Waals surface area contributed by atoms with Gasteiger partial charge in [-0.05, 0) is 32.4 Å². The molecule has 0 aliphatic carbocycles. The molecule has 0 saturated carbocycles. The number of aliphatic imine (C=N–C) groups is 1. The molecule has 7 nitrogen and oxygen atoms in total. The van der Waals surface area contributed by atoms with Crippen molar-refractivity contribution < 1.29 is 9.53 Å². The fourth-order valence-electron chi connectivity index (χ4n) is 1.63. The lowest BCUT2D eigenvalue weighted by atomic mass is 10.1. The minimum Gasteiger partial charge on any atom is -0.377 e. The Bertz CT molecular complexity index is 526. The maximum Gasteiger partial charge on any atom is 0.227 e. The van der Waals surface area contributed by atoms with E-state index in [4.69, 9.17) is 4.74 Å². The Morgan fingerprint density at radius 1 is 1.35 bits per heavy atom. The molecule has 0 atom stereocenters. The lowest BCUT2D eigenvalue weighted by Crippen LogP contribution is -2.45. The van der Waals surface area contributed by atoms with Crippen LogP contribution in [0.3, 0.4) is 0 Å². The van der Waals surface area contributed by atoms with Crippen LogP contribution in [0.4, 0.5) is 5.82 Å². The highest BCUT2D eigenvalue weighted by Gasteiger charge is 2.16. The van der Waals surface area contributed by atoms with Gasteiger partial charge in [0, 0.05) is 39.9 Å². The fraction of sp³-hybridized carbons (Fsp3) is 0.562. The molecule has 0 aliphatic heterocycles. The van der Waals surface area contributed by atoms with E-state index in [1.165, 1.54) is 0 Å². The van der Waals surface area contributed by atoms with Crippen molar-refractivity contribution in [2.45, 2.75) is 32.8 Å². The van der Waals surface area contributed by atoms with Gasteiger partial charge in [-0.1, -0.05) is 6.07 Å². The molecule has 23 heavy (non-hydrogen) atoms. The van der Waals surface area contributed by atoms with Gasteiger partial charge < -0.3 is 20.7 Å². The van der Waals surface area contributed by atoms with Crippen LogP contribution in [-0.2, 0) is 9.53 Å². The SMILES string of the molecule is CN=C(NCCC(=O)Nc1ccc(C)cn1)NCC(C)(C)OC. The minimum atomic E-state index is -0.286. The molecule has 0 aromatic carbocycles. The van der Waals surface area contributed by atoms with Gasteiger partial charge in [0.2, 0.25) is 5.91 Å². The molecule has 1 aromatic rings. The van der Waals surface area contributed by atoms with Crippen LogP contribution in [0, 0.1) is 6.92 Å². The smallest absolute Gasteiger partial charge is 0.227 e. The summed E-state index contributed by atoms with van der Waals surface area (Å²) in [5, 5.41) is 9.01. The minimum absolute atomic E-state index is 0.0958. The van der Waals surface area contributed by atoms with E-state index in [-0.39, 0.29) is 11.5 Å². The number of anilines is 1. The molecular formula is C16H27N5O2. The number of guanidine groups is 1. The summed E-state index contributed by atoms with van der Waals surface area (Å²) in [6.07, 6.45) is 2.04. The average Bonchev–Trinajstić information content (AvgIpc) is 2.53. The quantitative estimate of drug-likeness (QED) is 0.520. The van der Waals surface area contributed by atoms with E-state index in [1.807, 2.05) is 26.8 Å². The van der Waals surface area contributed by atoms with Gasteiger partial charge in [0.05, 0.1) is 5.60 Å². The van der Waals surface area contributed by atoms with Gasteiger partial charge >= 0.3 is 0 Å². The Morgan fingerprint density at radius 3 is 2.65 bits per heavy atom. The molecule has 0 fully saturated rings. The van der Waals surface area contributed by atoms with E-state index >= 15 is 0 Å². The summed E-state index contributed by atoms with van der Waals surface area (Å²) in [5.41, 5.74) is 0.769. The Morgan fingerprint density at radius 2 is 2.09 bits per heavy atom. The molecule has 0 aliphatic rings. The molecule has 1 amide bonds. The van der Waals surface area contributed by atoms with Crippen molar-refractivity contribution in [2.24, 2.45) is 4.99 Å². The number of carbonyl (C=O) groups is 1. The summed E-state index contributed by atoms with van der Waals surface area (Å²) in [6, 6.07) is 3.69. The first kappa shape index (κ1) is 18.9. The molecule has 128 valence electrons. The Hall–Kier alpha value is -2.15. The van der Waals surface area contributed by atoms with Gasteiger partial charge in [-0.25, -0.2) is 4.98 Å². The maximum absolute atomic E-state index is 11.9. The molecule has 0 spiro atoms. The van der Waals surface area contributed by atoms with Crippen LogP contribution in [0.15, 0.2) is 23.3 Å². The van der Waals surface area contributed by atoms with Gasteiger partial charge in [-0.2, -0.15) is 0 Å². The second-order valence-corrected chi connectivity index (χ2v) is 5.84. The predicted molar refractivity (Wildman–Crippen MR) is 92.7 cm³/mol. The van der Waals surface area contributed by atoms with E-state index < -0.39 is 0 Å². The predicted octanol–water partition coefficient (Wildman–Crippen LogP) is 1.31. The number of aryl methyl sites for hydroxylation is 1. The standard InChI is InChI=1S/C16H27N5O2/c1-12-6-7-13(19-10-12)21-14(22)8-9-18-15(17-4)20-11-16(2,3)23-5/h6-7,10H,8-9,11H2,1-5H3,(H2,17,18,20)(H,19,21,22). The van der Waals surface area contributed by atoms with Crippen LogP contribution in [0.25, 0.3) is 0 Å². The second kappa shape index (κ2) is 9.09. The molecular weight excluding hydrogens is 294 g/mol. The van der Waals surface area contributed by atoms with Crippen LogP contribution in [0.2, 0.25) is 0 Å². The van der Waals surface area contributed by atoms with Crippen molar-refractivity contribution in [2.75, 3.05) is 32.6 Å². The first-order chi connectivity index (χ1) is 10.9. The van der Waals surface area contributed by atoms with Crippen LogP contribution in [-0.4, -0.2) is 49.7 Å². The third kappa shape index (κ3) is 7.60. The van der Waals surface area contributed by atoms with Gasteiger partial charge in [0.15, 0.2) is 5.96 Å². The van der Waals surface area contributed by atoms with Crippen molar-refractivity contribution in [1.82, 2.24) is 15.6 Å². The zero-order chi connectivity index (χ0) is 17.3. The van der Waals surface area contributed by atoms with E-state index in [2.05, 4.69) is 25.9 Å². The maximum atomic E-state index is 11.9. The molecule has 0 saturated heterocycles. The third-order valence-electron chi connectivity index (χ3n) is 3.28. The van der Waals surface area contributed by atoms with E-state index in [0.717, 1.165) is 5.56 Å². The molecule has 0 bridgehead atoms. The number of nitrogens with zero attached hydrogens (tertiary/aromatic N) is 2. The van der Waals surface area contributed by atoms with Gasteiger partial charge in [-0.15, -0.1) is 0 Å². The number of aromatic nitrogens is 1. The molecule has 0 unspecified atom stereocenters. The number of ether oxygens (including phenoxy) is 1. The number of carbonyl (C=O) groups excluding carboxylic acids is 1. The molecule has 1 heterocycles. The molecule has 3 N–H and O–H groups in total. The highest BCUT2D eigenvalue weighted by atomic mass is 16.5. The van der Waals surface area contributed by atoms with Gasteiger partial charge in [0.25, 0.3) is 0 Å². The largest absolute Gasteiger partial charge is 0.377 e. The topological polar surface area (TPSA) is 87.6 Å². The fourth-order valence-corrected chi connectivity index (χ4v) is 1.63. The van der Waals surface area contributed by atoms with Crippen LogP contribution >= 0.6 is 0 Å². The first-order valence-corrected chi connectivity index (χ1v) is 7.58. The number of rotatable bonds is 7. The first-order valence-electron chi connectivity index (χ1n) is 7.58.